The number of hydrogen-bond donors (Lipinski definition) is 0. The lowest BCUT2D eigenvalue weighted by Crippen LogP contribution is -2.68. The summed E-state index contributed by atoms with van der Waals surface area (Å²) in [6.45, 7) is 13.4. The second-order valence-electron chi connectivity index (χ2n) is 11.4. The maximum Gasteiger partial charge on any atom is 0.269 e. The van der Waals surface area contributed by atoms with Crippen LogP contribution in [-0.2, 0) is 8.85 Å². The lowest BCUT2D eigenvalue weighted by atomic mass is 10.4. The van der Waals surface area contributed by atoms with Crippen molar-refractivity contribution in [1.29, 1.82) is 0 Å². The van der Waals surface area contributed by atoms with Crippen LogP contribution in [0.1, 0.15) is 54.4 Å². The molecule has 0 aliphatic heterocycles. The van der Waals surface area contributed by atoms with Crippen molar-refractivity contribution >= 4 is 78.6 Å². The molecule has 0 N–H and O–H groups in total. The highest BCUT2D eigenvalue weighted by Crippen LogP contribution is 2.50. The summed E-state index contributed by atoms with van der Waals surface area (Å²) < 4.78 is 14.3. The maximum absolute atomic E-state index is 7.15. The molecule has 0 aliphatic carbocycles. The molecule has 0 amide bonds. The van der Waals surface area contributed by atoms with E-state index in [0.29, 0.717) is 9.75 Å². The molecule has 0 aromatic heterocycles. The Kier molecular flexibility index (Phi) is 14.1. The van der Waals surface area contributed by atoms with Crippen LogP contribution in [0.5, 0.6) is 0 Å². The molecular weight excluding hydrogens is 649 g/mol. The summed E-state index contributed by atoms with van der Waals surface area (Å²) in [7, 11) is 2.66. The predicted octanol–water partition coefficient (Wildman–Crippen LogP) is 8.67. The van der Waals surface area contributed by atoms with Gasteiger partial charge in [0.25, 0.3) is 16.6 Å². The van der Waals surface area contributed by atoms with Gasteiger partial charge in [-0.2, -0.15) is 0 Å². The Morgan fingerprint density at radius 1 is 0.455 bits per heavy atom. The first-order valence-corrected chi connectivity index (χ1v) is 24.5. The first kappa shape index (κ1) is 35.5. The molecule has 44 heavy (non-hydrogen) atoms. The summed E-state index contributed by atoms with van der Waals surface area (Å²) in [5, 5.41) is 5.37. The van der Waals surface area contributed by atoms with Crippen LogP contribution in [0.3, 0.4) is 0 Å². The van der Waals surface area contributed by atoms with Crippen molar-refractivity contribution in [2.45, 2.75) is 76.3 Å². The molecule has 2 atom stereocenters. The summed E-state index contributed by atoms with van der Waals surface area (Å²) in [5.41, 5.74) is 0. The Labute approximate surface area is 283 Å². The first-order valence-electron chi connectivity index (χ1n) is 15.6. The van der Waals surface area contributed by atoms with Gasteiger partial charge in [0.1, 0.15) is 0 Å². The van der Waals surface area contributed by atoms with E-state index in [-0.39, 0.29) is 12.2 Å². The van der Waals surface area contributed by atoms with Crippen LogP contribution in [-0.4, -0.2) is 38.6 Å². The lowest BCUT2D eigenvalue weighted by molar-refractivity contribution is 0.237. The summed E-state index contributed by atoms with van der Waals surface area (Å²) in [4.78, 5) is 0.676. The molecule has 0 bridgehead atoms. The number of benzene rings is 4. The van der Waals surface area contributed by atoms with E-state index in [1.807, 2.05) is 41.2 Å². The standard InChI is InChI=1S/C36H46O2S4Si2/c1-7-35(43(37-29(3)4,31-21-13-9-14-22-31)32-23-15-10-16-24-32)39-41-42-40-36(8-2)44(38-30(5)6,33-25-17-11-18-26-33)34-27-19-12-20-28-34/h9-30,35-36H,7-8H2,1-6H3. The van der Waals surface area contributed by atoms with E-state index in [2.05, 4.69) is 163 Å². The van der Waals surface area contributed by atoms with E-state index in [0.717, 1.165) is 12.8 Å². The van der Waals surface area contributed by atoms with Crippen molar-refractivity contribution in [3.8, 4) is 0 Å². The molecule has 0 fully saturated rings. The number of hydrogen-bond acceptors (Lipinski definition) is 6. The Morgan fingerprint density at radius 2 is 0.705 bits per heavy atom. The van der Waals surface area contributed by atoms with Gasteiger partial charge >= 0.3 is 0 Å². The highest BCUT2D eigenvalue weighted by atomic mass is 33.7. The Bertz CT molecular complexity index is 1180. The van der Waals surface area contributed by atoms with Gasteiger partial charge in [0, 0.05) is 22.0 Å². The zero-order chi connectivity index (χ0) is 31.4. The number of rotatable bonds is 17. The minimum Gasteiger partial charge on any atom is -0.404 e. The third-order valence-electron chi connectivity index (χ3n) is 7.64. The highest BCUT2D eigenvalue weighted by molar-refractivity contribution is 9.26. The van der Waals surface area contributed by atoms with Crippen molar-refractivity contribution in [2.24, 2.45) is 0 Å². The van der Waals surface area contributed by atoms with Gasteiger partial charge in [0.05, 0.1) is 0 Å². The summed E-state index contributed by atoms with van der Waals surface area (Å²) in [6, 6.07) is 44.0. The van der Waals surface area contributed by atoms with Crippen LogP contribution in [0.15, 0.2) is 121 Å². The van der Waals surface area contributed by atoms with E-state index in [9.17, 15) is 0 Å². The average Bonchev–Trinajstić information content (AvgIpc) is 3.06. The van der Waals surface area contributed by atoms with Gasteiger partial charge < -0.3 is 8.85 Å². The van der Waals surface area contributed by atoms with E-state index >= 15 is 0 Å². The average molecular weight is 695 g/mol. The summed E-state index contributed by atoms with van der Waals surface area (Å²) in [5.74, 6) is 0. The minimum absolute atomic E-state index is 0.129. The lowest BCUT2D eigenvalue weighted by Gasteiger charge is -2.40. The second kappa shape index (κ2) is 17.5. The van der Waals surface area contributed by atoms with Crippen LogP contribution >= 0.6 is 41.2 Å². The summed E-state index contributed by atoms with van der Waals surface area (Å²) in [6.07, 6.45) is 2.33. The molecule has 0 spiro atoms. The molecule has 0 radical (unpaired) electrons. The topological polar surface area (TPSA) is 18.5 Å². The van der Waals surface area contributed by atoms with E-state index in [1.54, 1.807) is 0 Å². The molecule has 0 saturated carbocycles. The van der Waals surface area contributed by atoms with Gasteiger partial charge in [-0.15, -0.1) is 0 Å². The van der Waals surface area contributed by atoms with Crippen LogP contribution in [0, 0.1) is 0 Å². The van der Waals surface area contributed by atoms with Crippen LogP contribution in [0.2, 0.25) is 0 Å². The molecular formula is C36H46O2S4Si2. The molecule has 8 heteroatoms. The van der Waals surface area contributed by atoms with E-state index in [1.165, 1.54) is 20.7 Å². The van der Waals surface area contributed by atoms with Crippen LogP contribution in [0.4, 0.5) is 0 Å². The van der Waals surface area contributed by atoms with E-state index < -0.39 is 16.6 Å². The van der Waals surface area contributed by atoms with Gasteiger partial charge in [-0.25, -0.2) is 0 Å². The third kappa shape index (κ3) is 8.31. The second-order valence-corrected chi connectivity index (χ2v) is 25.6. The molecule has 4 aromatic carbocycles. The fraction of sp³-hybridized carbons (Fsp3) is 0.333. The van der Waals surface area contributed by atoms with Crippen molar-refractivity contribution in [3.05, 3.63) is 121 Å². The molecule has 0 saturated heterocycles. The smallest absolute Gasteiger partial charge is 0.269 e. The summed E-state index contributed by atoms with van der Waals surface area (Å²) >= 11 is 0. The zero-order valence-electron chi connectivity index (χ0n) is 26.7. The molecule has 0 heterocycles. The van der Waals surface area contributed by atoms with Crippen LogP contribution in [0.25, 0.3) is 0 Å². The van der Waals surface area contributed by atoms with Crippen molar-refractivity contribution < 1.29 is 8.85 Å². The fourth-order valence-corrected chi connectivity index (χ4v) is 28.1. The van der Waals surface area contributed by atoms with Gasteiger partial charge in [-0.1, -0.05) is 157 Å². The van der Waals surface area contributed by atoms with Gasteiger partial charge in [0.2, 0.25) is 0 Å². The Balaban J connectivity index is 1.64. The molecule has 4 rings (SSSR count). The van der Waals surface area contributed by atoms with Gasteiger partial charge in [0.15, 0.2) is 0 Å². The monoisotopic (exact) mass is 694 g/mol. The van der Waals surface area contributed by atoms with Gasteiger partial charge in [-0.3, -0.25) is 0 Å². The Morgan fingerprint density at radius 3 is 0.909 bits per heavy atom. The normalized spacial score (nSPS) is 13.7. The maximum atomic E-state index is 7.15. The highest BCUT2D eigenvalue weighted by Gasteiger charge is 2.49. The van der Waals surface area contributed by atoms with Crippen molar-refractivity contribution in [1.82, 2.24) is 0 Å². The minimum atomic E-state index is -2.59. The first-order chi connectivity index (χ1) is 21.4. The molecule has 0 aliphatic rings. The largest absolute Gasteiger partial charge is 0.404 e. The predicted molar refractivity (Wildman–Crippen MR) is 207 cm³/mol. The van der Waals surface area contributed by atoms with E-state index in [4.69, 9.17) is 8.85 Å². The molecule has 234 valence electrons. The molecule has 2 nitrogen and oxygen atoms in total. The van der Waals surface area contributed by atoms with Crippen LogP contribution < -0.4 is 20.7 Å². The molecule has 2 unspecified atom stereocenters. The zero-order valence-corrected chi connectivity index (χ0v) is 32.0. The molecule has 4 aromatic rings. The quantitative estimate of drug-likeness (QED) is 0.0621. The Hall–Kier alpha value is -1.37. The van der Waals surface area contributed by atoms with Crippen molar-refractivity contribution in [2.75, 3.05) is 0 Å². The van der Waals surface area contributed by atoms with Gasteiger partial charge in [-0.05, 0) is 80.9 Å². The van der Waals surface area contributed by atoms with Crippen molar-refractivity contribution in [3.63, 3.8) is 0 Å². The third-order valence-corrected chi connectivity index (χ3v) is 27.2. The fourth-order valence-electron chi connectivity index (χ4n) is 5.96. The SMILES string of the molecule is CCC(SSSSC(CC)[Si](OC(C)C)(c1ccccc1)c1ccccc1)[Si](OC(C)C)(c1ccccc1)c1ccccc1.